The third kappa shape index (κ3) is 5.81. The molecule has 29 heavy (non-hydrogen) atoms. The zero-order valence-corrected chi connectivity index (χ0v) is 17.9. The summed E-state index contributed by atoms with van der Waals surface area (Å²) in [6.45, 7) is 6.41. The van der Waals surface area contributed by atoms with E-state index in [9.17, 15) is 14.4 Å². The normalized spacial score (nSPS) is 21.9. The number of benzene rings is 1. The number of carbonyl (C=O) groups is 3. The van der Waals surface area contributed by atoms with Gasteiger partial charge in [0.25, 0.3) is 0 Å². The van der Waals surface area contributed by atoms with Crippen molar-refractivity contribution in [2.24, 2.45) is 11.3 Å². The van der Waals surface area contributed by atoms with Gasteiger partial charge in [-0.15, -0.1) is 0 Å². The second-order valence-corrected chi connectivity index (χ2v) is 8.35. The van der Waals surface area contributed by atoms with Crippen molar-refractivity contribution in [3.63, 3.8) is 0 Å². The van der Waals surface area contributed by atoms with Crippen molar-refractivity contribution in [1.29, 1.82) is 0 Å². The summed E-state index contributed by atoms with van der Waals surface area (Å²) in [4.78, 5) is 36.3. The number of rotatable bonds is 8. The fourth-order valence-electron chi connectivity index (χ4n) is 3.56. The summed E-state index contributed by atoms with van der Waals surface area (Å²) in [7, 11) is 0. The van der Waals surface area contributed by atoms with Crippen LogP contribution in [0.4, 0.5) is 0 Å². The Morgan fingerprint density at radius 1 is 1.03 bits per heavy atom. The van der Waals surface area contributed by atoms with Crippen LogP contribution in [0.2, 0.25) is 0 Å². The second-order valence-electron chi connectivity index (χ2n) is 8.35. The summed E-state index contributed by atoms with van der Waals surface area (Å²) in [6, 6.07) is 9.72. The molecule has 6 nitrogen and oxygen atoms in total. The Morgan fingerprint density at radius 2 is 1.69 bits per heavy atom. The zero-order valence-electron chi connectivity index (χ0n) is 17.9. The molecule has 1 saturated carbocycles. The van der Waals surface area contributed by atoms with Crippen LogP contribution in [0.1, 0.15) is 65.4 Å². The SMILES string of the molecule is CCC(C)(C)C(=O)OCC(=O)OCC(=O)OC1(c2ccccc2)CCCCC1C. The highest BCUT2D eigenvalue weighted by molar-refractivity contribution is 5.81. The Kier molecular flexibility index (Phi) is 7.82. The van der Waals surface area contributed by atoms with Gasteiger partial charge >= 0.3 is 17.9 Å². The predicted octanol–water partition coefficient (Wildman–Crippen LogP) is 4.16. The molecule has 0 aromatic heterocycles. The molecule has 0 radical (unpaired) electrons. The monoisotopic (exact) mass is 404 g/mol. The fourth-order valence-corrected chi connectivity index (χ4v) is 3.56. The van der Waals surface area contributed by atoms with Gasteiger partial charge in [-0.25, -0.2) is 9.59 Å². The van der Waals surface area contributed by atoms with Gasteiger partial charge in [0, 0.05) is 5.92 Å². The van der Waals surface area contributed by atoms with E-state index in [0.29, 0.717) is 6.42 Å². The standard InChI is InChI=1S/C23H32O6/c1-5-22(3,4)21(26)28-15-19(24)27-16-20(25)29-23(14-10-9-11-17(23)2)18-12-7-6-8-13-18/h6-8,12-13,17H,5,9-11,14-16H2,1-4H3. The van der Waals surface area contributed by atoms with Gasteiger partial charge in [0.15, 0.2) is 13.2 Å². The quantitative estimate of drug-likeness (QED) is 0.478. The van der Waals surface area contributed by atoms with E-state index in [2.05, 4.69) is 6.92 Å². The van der Waals surface area contributed by atoms with Crippen LogP contribution in [0.5, 0.6) is 0 Å². The summed E-state index contributed by atoms with van der Waals surface area (Å²) < 4.78 is 15.9. The first-order valence-electron chi connectivity index (χ1n) is 10.3. The number of ether oxygens (including phenoxy) is 3. The van der Waals surface area contributed by atoms with Crippen LogP contribution >= 0.6 is 0 Å². The second kappa shape index (κ2) is 9.90. The zero-order chi connectivity index (χ0) is 21.5. The minimum atomic E-state index is -0.771. The maximum absolute atomic E-state index is 12.5. The lowest BCUT2D eigenvalue weighted by atomic mass is 9.72. The molecule has 0 aliphatic heterocycles. The molecule has 2 atom stereocenters. The van der Waals surface area contributed by atoms with E-state index in [4.69, 9.17) is 14.2 Å². The molecule has 0 heterocycles. The highest BCUT2D eigenvalue weighted by Crippen LogP contribution is 2.44. The van der Waals surface area contributed by atoms with Crippen molar-refractivity contribution in [1.82, 2.24) is 0 Å². The average molecular weight is 405 g/mol. The van der Waals surface area contributed by atoms with Gasteiger partial charge in [0.05, 0.1) is 5.41 Å². The van der Waals surface area contributed by atoms with Crippen LogP contribution in [-0.2, 0) is 34.2 Å². The Labute approximate surface area is 172 Å². The van der Waals surface area contributed by atoms with Crippen LogP contribution in [0.3, 0.4) is 0 Å². The fraction of sp³-hybridized carbons (Fsp3) is 0.609. The van der Waals surface area contributed by atoms with E-state index < -0.39 is 42.1 Å². The van der Waals surface area contributed by atoms with Gasteiger partial charge in [-0.2, -0.15) is 0 Å². The summed E-state index contributed by atoms with van der Waals surface area (Å²) >= 11 is 0. The molecule has 1 fully saturated rings. The largest absolute Gasteiger partial charge is 0.453 e. The minimum absolute atomic E-state index is 0.163. The first-order valence-corrected chi connectivity index (χ1v) is 10.3. The Bertz CT molecular complexity index is 711. The topological polar surface area (TPSA) is 78.9 Å². The lowest BCUT2D eigenvalue weighted by molar-refractivity contribution is -0.182. The maximum atomic E-state index is 12.5. The van der Waals surface area contributed by atoms with Gasteiger partial charge in [-0.1, -0.05) is 50.6 Å². The van der Waals surface area contributed by atoms with Crippen molar-refractivity contribution in [2.45, 2.75) is 65.4 Å². The molecule has 2 rings (SSSR count). The molecule has 1 aromatic carbocycles. The Morgan fingerprint density at radius 3 is 2.31 bits per heavy atom. The third-order valence-electron chi connectivity index (χ3n) is 5.90. The van der Waals surface area contributed by atoms with Crippen LogP contribution in [0.15, 0.2) is 30.3 Å². The average Bonchev–Trinajstić information content (AvgIpc) is 2.72. The van der Waals surface area contributed by atoms with Crippen molar-refractivity contribution >= 4 is 17.9 Å². The number of carbonyl (C=O) groups excluding carboxylic acids is 3. The first kappa shape index (κ1) is 22.9. The first-order chi connectivity index (χ1) is 13.7. The summed E-state index contributed by atoms with van der Waals surface area (Å²) in [5, 5.41) is 0. The van der Waals surface area contributed by atoms with Crippen LogP contribution in [0.25, 0.3) is 0 Å². The Hall–Kier alpha value is -2.37. The number of hydrogen-bond acceptors (Lipinski definition) is 6. The van der Waals surface area contributed by atoms with E-state index in [1.54, 1.807) is 13.8 Å². The van der Waals surface area contributed by atoms with Crippen LogP contribution in [0, 0.1) is 11.3 Å². The van der Waals surface area contributed by atoms with Crippen molar-refractivity contribution < 1.29 is 28.6 Å². The van der Waals surface area contributed by atoms with Gasteiger partial charge in [-0.05, 0) is 45.1 Å². The molecule has 1 aromatic rings. The van der Waals surface area contributed by atoms with E-state index in [-0.39, 0.29) is 5.92 Å². The summed E-state index contributed by atoms with van der Waals surface area (Å²) in [5.74, 6) is -1.68. The molecule has 0 bridgehead atoms. The summed E-state index contributed by atoms with van der Waals surface area (Å²) in [6.07, 6.45) is 4.36. The van der Waals surface area contributed by atoms with Gasteiger partial charge in [-0.3, -0.25) is 4.79 Å². The molecule has 2 unspecified atom stereocenters. The van der Waals surface area contributed by atoms with Crippen molar-refractivity contribution in [2.75, 3.05) is 13.2 Å². The molecule has 1 aliphatic carbocycles. The van der Waals surface area contributed by atoms with Crippen LogP contribution in [-0.4, -0.2) is 31.1 Å². The van der Waals surface area contributed by atoms with Crippen molar-refractivity contribution in [3.8, 4) is 0 Å². The number of esters is 3. The van der Waals surface area contributed by atoms with E-state index in [0.717, 1.165) is 31.2 Å². The molecular formula is C23H32O6. The number of hydrogen-bond donors (Lipinski definition) is 0. The molecule has 0 amide bonds. The van der Waals surface area contributed by atoms with Gasteiger partial charge in [0.2, 0.25) is 0 Å². The van der Waals surface area contributed by atoms with Gasteiger partial charge in [0.1, 0.15) is 5.60 Å². The lowest BCUT2D eigenvalue weighted by Crippen LogP contribution is -2.42. The molecule has 1 aliphatic rings. The molecule has 0 saturated heterocycles. The molecule has 160 valence electrons. The third-order valence-corrected chi connectivity index (χ3v) is 5.90. The smallest absolute Gasteiger partial charge is 0.345 e. The van der Waals surface area contributed by atoms with E-state index in [1.807, 2.05) is 37.3 Å². The minimum Gasteiger partial charge on any atom is -0.453 e. The molecule has 0 N–H and O–H groups in total. The highest BCUT2D eigenvalue weighted by Gasteiger charge is 2.43. The van der Waals surface area contributed by atoms with Crippen molar-refractivity contribution in [3.05, 3.63) is 35.9 Å². The van der Waals surface area contributed by atoms with Gasteiger partial charge < -0.3 is 14.2 Å². The molecule has 0 spiro atoms. The lowest BCUT2D eigenvalue weighted by Gasteiger charge is -2.42. The Balaban J connectivity index is 1.92. The highest BCUT2D eigenvalue weighted by atomic mass is 16.6. The predicted molar refractivity (Wildman–Crippen MR) is 108 cm³/mol. The maximum Gasteiger partial charge on any atom is 0.345 e. The van der Waals surface area contributed by atoms with E-state index in [1.165, 1.54) is 0 Å². The summed E-state index contributed by atoms with van der Waals surface area (Å²) in [5.41, 5.74) is -0.415. The van der Waals surface area contributed by atoms with Crippen LogP contribution < -0.4 is 0 Å². The molecular weight excluding hydrogens is 372 g/mol. The van der Waals surface area contributed by atoms with E-state index >= 15 is 0 Å². The molecule has 6 heteroatoms.